The summed E-state index contributed by atoms with van der Waals surface area (Å²) < 4.78 is 10.1. The summed E-state index contributed by atoms with van der Waals surface area (Å²) >= 11 is 1.48. The number of alkyl carbamates (subject to hydrolysis) is 1. The number of methoxy groups -OCH3 is 2. The molecule has 3 aromatic rings. The highest BCUT2D eigenvalue weighted by atomic mass is 32.1. The van der Waals surface area contributed by atoms with Gasteiger partial charge in [-0.3, -0.25) is 19.8 Å². The molecule has 2 heterocycles. The van der Waals surface area contributed by atoms with Crippen LogP contribution >= 0.6 is 11.3 Å². The molecule has 1 saturated heterocycles. The molecule has 0 saturated carbocycles. The minimum atomic E-state index is -1.29. The summed E-state index contributed by atoms with van der Waals surface area (Å²) in [5.41, 5.74) is 4.47. The first-order valence-corrected chi connectivity index (χ1v) is 19.8. The Hall–Kier alpha value is -5.26. The van der Waals surface area contributed by atoms with Gasteiger partial charge < -0.3 is 40.3 Å². The summed E-state index contributed by atoms with van der Waals surface area (Å²) in [7, 11) is 2.76. The third-order valence-electron chi connectivity index (χ3n) is 9.45. The van der Waals surface area contributed by atoms with E-state index in [-0.39, 0.29) is 39.0 Å². The highest BCUT2D eigenvalue weighted by Gasteiger charge is 2.40. The number of nitrogens with one attached hydrogen (secondary N) is 4. The lowest BCUT2D eigenvalue weighted by Crippen LogP contribution is -2.60. The second-order valence-electron chi connectivity index (χ2n) is 14.9. The number of thiazole rings is 1. The van der Waals surface area contributed by atoms with Crippen molar-refractivity contribution in [3.8, 4) is 5.75 Å². The first kappa shape index (κ1) is 44.5. The molecule has 1 aromatic heterocycles. The number of aliphatic hydroxyl groups is 1. The molecule has 4 atom stereocenters. The van der Waals surface area contributed by atoms with Gasteiger partial charge >= 0.3 is 12.1 Å². The van der Waals surface area contributed by atoms with Crippen molar-refractivity contribution in [2.75, 3.05) is 40.4 Å². The van der Waals surface area contributed by atoms with Crippen molar-refractivity contribution in [2.24, 2.45) is 5.41 Å². The third kappa shape index (κ3) is 13.2. The van der Waals surface area contributed by atoms with Gasteiger partial charge in [0.2, 0.25) is 11.8 Å². The average molecular weight is 809 g/mol. The number of hydrogen-bond acceptors (Lipinski definition) is 11. The smallest absolute Gasteiger partial charge is 0.407 e. The Labute approximate surface area is 338 Å². The Balaban J connectivity index is 1.63. The molecule has 16 nitrogen and oxygen atoms in total. The SMILES string of the molecule is CCNC(=O)C[C@@H](C(=O)N[C@@H](Cc1ccccc1)[C@@H](O)CN(Cc1ccc(OC)cc1)NC(=O)[C@@H](NC(=O)OC)C(C)(C)C)N1CCN(Cc2csc(C)n2)C1=O. The fourth-order valence-corrected chi connectivity index (χ4v) is 7.06. The molecule has 0 aliphatic carbocycles. The van der Waals surface area contributed by atoms with Gasteiger partial charge in [-0.25, -0.2) is 19.6 Å². The second-order valence-corrected chi connectivity index (χ2v) is 16.0. The largest absolute Gasteiger partial charge is 0.497 e. The number of urea groups is 1. The molecule has 5 N–H and O–H groups in total. The summed E-state index contributed by atoms with van der Waals surface area (Å²) in [6.07, 6.45) is -2.18. The number of aryl methyl sites for hydroxylation is 1. The Morgan fingerprint density at radius 1 is 0.982 bits per heavy atom. The van der Waals surface area contributed by atoms with E-state index < -0.39 is 59.5 Å². The number of nitrogens with zero attached hydrogens (tertiary/aromatic N) is 4. The van der Waals surface area contributed by atoms with Gasteiger partial charge in [0.1, 0.15) is 17.8 Å². The van der Waals surface area contributed by atoms with Crippen LogP contribution in [-0.2, 0) is 38.6 Å². The maximum Gasteiger partial charge on any atom is 0.407 e. The van der Waals surface area contributed by atoms with Crippen LogP contribution in [0.1, 0.15) is 55.9 Å². The van der Waals surface area contributed by atoms with Gasteiger partial charge in [0.25, 0.3) is 5.91 Å². The Morgan fingerprint density at radius 3 is 2.28 bits per heavy atom. The molecule has 2 aromatic carbocycles. The van der Waals surface area contributed by atoms with Gasteiger partial charge in [0.15, 0.2) is 0 Å². The number of benzene rings is 2. The number of hydrazine groups is 1. The predicted molar refractivity (Wildman–Crippen MR) is 215 cm³/mol. The lowest BCUT2D eigenvalue weighted by Gasteiger charge is -2.35. The number of carbonyl (C=O) groups excluding carboxylic acids is 5. The quantitative estimate of drug-likeness (QED) is 0.113. The van der Waals surface area contributed by atoms with Crippen molar-refractivity contribution in [3.63, 3.8) is 0 Å². The van der Waals surface area contributed by atoms with Crippen LogP contribution in [0.5, 0.6) is 5.75 Å². The average Bonchev–Trinajstić information content (AvgIpc) is 3.75. The van der Waals surface area contributed by atoms with Crippen molar-refractivity contribution < 1.29 is 38.6 Å². The van der Waals surface area contributed by atoms with Crippen LogP contribution in [0.3, 0.4) is 0 Å². The van der Waals surface area contributed by atoms with Crippen molar-refractivity contribution in [2.45, 2.75) is 84.8 Å². The normalized spacial score (nSPS) is 15.1. The highest BCUT2D eigenvalue weighted by Crippen LogP contribution is 2.22. The first-order chi connectivity index (χ1) is 27.1. The molecule has 310 valence electrons. The van der Waals surface area contributed by atoms with Crippen LogP contribution in [-0.4, -0.2) is 119 Å². The van der Waals surface area contributed by atoms with Gasteiger partial charge in [-0.15, -0.1) is 11.3 Å². The summed E-state index contributed by atoms with van der Waals surface area (Å²) in [4.78, 5) is 74.7. The van der Waals surface area contributed by atoms with E-state index in [9.17, 15) is 29.1 Å². The van der Waals surface area contributed by atoms with E-state index in [0.29, 0.717) is 18.8 Å². The van der Waals surface area contributed by atoms with E-state index >= 15 is 0 Å². The van der Waals surface area contributed by atoms with Gasteiger partial charge in [0, 0.05) is 38.1 Å². The molecule has 1 fully saturated rings. The van der Waals surface area contributed by atoms with Crippen molar-refractivity contribution in [3.05, 3.63) is 81.8 Å². The van der Waals surface area contributed by atoms with E-state index in [0.717, 1.165) is 21.8 Å². The molecule has 1 aliphatic rings. The molecular weight excluding hydrogens is 753 g/mol. The van der Waals surface area contributed by atoms with Gasteiger partial charge in [-0.05, 0) is 48.9 Å². The minimum absolute atomic E-state index is 0.129. The standard InChI is InChI=1S/C40H56N8O8S/c1-8-41-34(50)21-32(48-19-18-46(39(48)54)23-29-25-57-26(2)42-29)36(51)43-31(20-27-12-10-9-11-13-27)33(49)24-47(22-28-14-16-30(55-6)17-15-28)45-37(52)35(40(3,4)5)44-38(53)56-7/h9-17,25,31-33,35,49H,8,18-24H2,1-7H3,(H,41,50)(H,43,51)(H,44,53)(H,45,52)/t31-,32-,33-,35+/m0/s1. The molecule has 0 bridgehead atoms. The zero-order valence-corrected chi connectivity index (χ0v) is 34.6. The number of carbonyl (C=O) groups is 5. The third-order valence-corrected chi connectivity index (χ3v) is 10.3. The van der Waals surface area contributed by atoms with E-state index in [2.05, 4.69) is 26.4 Å². The number of rotatable bonds is 19. The molecule has 4 rings (SSSR count). The molecule has 0 radical (unpaired) electrons. The van der Waals surface area contributed by atoms with Crippen LogP contribution in [0.2, 0.25) is 0 Å². The Kier molecular flexibility index (Phi) is 16.2. The lowest BCUT2D eigenvalue weighted by atomic mass is 9.86. The minimum Gasteiger partial charge on any atom is -0.497 e. The van der Waals surface area contributed by atoms with E-state index in [1.807, 2.05) is 54.8 Å². The maximum absolute atomic E-state index is 14.4. The molecule has 6 amide bonds. The predicted octanol–water partition coefficient (Wildman–Crippen LogP) is 2.99. The van der Waals surface area contributed by atoms with Crippen molar-refractivity contribution in [1.29, 1.82) is 0 Å². The Bertz CT molecular complexity index is 1800. The van der Waals surface area contributed by atoms with Gasteiger partial charge in [-0.2, -0.15) is 0 Å². The zero-order valence-electron chi connectivity index (χ0n) is 33.7. The fraction of sp³-hybridized carbons (Fsp3) is 0.500. The second kappa shape index (κ2) is 20.8. The lowest BCUT2D eigenvalue weighted by molar-refractivity contribution is -0.133. The fourth-order valence-electron chi connectivity index (χ4n) is 6.46. The number of aromatic nitrogens is 1. The summed E-state index contributed by atoms with van der Waals surface area (Å²) in [5.74, 6) is -0.928. The zero-order chi connectivity index (χ0) is 41.7. The topological polar surface area (TPSA) is 195 Å². The van der Waals surface area contributed by atoms with Crippen LogP contribution in [0.25, 0.3) is 0 Å². The number of aliphatic hydroxyl groups excluding tert-OH is 1. The van der Waals surface area contributed by atoms with Crippen LogP contribution in [0.15, 0.2) is 60.0 Å². The van der Waals surface area contributed by atoms with Crippen molar-refractivity contribution >= 4 is 41.2 Å². The maximum atomic E-state index is 14.4. The van der Waals surface area contributed by atoms with E-state index in [1.165, 1.54) is 28.4 Å². The molecule has 57 heavy (non-hydrogen) atoms. The summed E-state index contributed by atoms with van der Waals surface area (Å²) in [5, 5.41) is 24.6. The number of hydrogen-bond donors (Lipinski definition) is 5. The molecular formula is C40H56N8O8S. The van der Waals surface area contributed by atoms with Crippen molar-refractivity contribution in [1.82, 2.24) is 41.2 Å². The van der Waals surface area contributed by atoms with Gasteiger partial charge in [-0.1, -0.05) is 63.2 Å². The summed E-state index contributed by atoms with van der Waals surface area (Å²) in [6, 6.07) is 12.9. The molecule has 1 aliphatic heterocycles. The monoisotopic (exact) mass is 808 g/mol. The summed E-state index contributed by atoms with van der Waals surface area (Å²) in [6.45, 7) is 10.2. The number of amides is 6. The molecule has 17 heteroatoms. The highest BCUT2D eigenvalue weighted by molar-refractivity contribution is 7.09. The Morgan fingerprint density at radius 2 is 1.68 bits per heavy atom. The first-order valence-electron chi connectivity index (χ1n) is 18.9. The van der Waals surface area contributed by atoms with E-state index in [4.69, 9.17) is 9.47 Å². The van der Waals surface area contributed by atoms with Crippen LogP contribution in [0, 0.1) is 12.3 Å². The van der Waals surface area contributed by atoms with Crippen LogP contribution in [0.4, 0.5) is 9.59 Å². The van der Waals surface area contributed by atoms with E-state index in [1.54, 1.807) is 51.8 Å². The number of ether oxygens (including phenoxy) is 2. The van der Waals surface area contributed by atoms with Crippen LogP contribution < -0.4 is 26.1 Å². The van der Waals surface area contributed by atoms with Gasteiger partial charge in [0.05, 0.1) is 50.0 Å². The molecule has 0 unspecified atom stereocenters. The molecule has 0 spiro atoms.